The van der Waals surface area contributed by atoms with Crippen LogP contribution < -0.4 is 5.32 Å². The van der Waals surface area contributed by atoms with Crippen molar-refractivity contribution in [2.45, 2.75) is 26.8 Å². The molecule has 0 bridgehead atoms. The van der Waals surface area contributed by atoms with E-state index in [2.05, 4.69) is 64.4 Å². The van der Waals surface area contributed by atoms with Gasteiger partial charge in [0.1, 0.15) is 10.0 Å². The Morgan fingerprint density at radius 2 is 1.20 bits per heavy atom. The summed E-state index contributed by atoms with van der Waals surface area (Å²) < 4.78 is 5.41. The predicted molar refractivity (Wildman–Crippen MR) is 207 cm³/mol. The number of aromatic nitrogens is 2. The monoisotopic (exact) mass is 716 g/mol. The molecule has 0 spiro atoms. The fourth-order valence-corrected chi connectivity index (χ4v) is 7.09. The van der Waals surface area contributed by atoms with Gasteiger partial charge in [0.15, 0.2) is 0 Å². The Hall–Kier alpha value is -5.00. The zero-order valence-corrected chi connectivity index (χ0v) is 30.5. The van der Waals surface area contributed by atoms with Crippen molar-refractivity contribution in [3.05, 3.63) is 130 Å². The van der Waals surface area contributed by atoms with Gasteiger partial charge in [-0.2, -0.15) is 0 Å². The maximum Gasteiger partial charge on any atom is 0.335 e. The van der Waals surface area contributed by atoms with E-state index in [0.29, 0.717) is 5.56 Å². The van der Waals surface area contributed by atoms with Gasteiger partial charge in [-0.25, -0.2) is 14.8 Å². The van der Waals surface area contributed by atoms with Crippen molar-refractivity contribution in [2.75, 3.05) is 32.8 Å². The number of aromatic carboxylic acids is 1. The maximum absolute atomic E-state index is 13.1. The topological polar surface area (TPSA) is 105 Å². The SMILES string of the molecule is Cc1ccc(-c2cc(C(=O)N[C@H](C)CN3CCOCC3)cc(-c3nccs3)c2)cc1.Cc1ccc(-c2cc(C(=O)O)cc(-c3nccs3)c2)cc1. The molecule has 3 heterocycles. The van der Waals surface area contributed by atoms with Gasteiger partial charge in [0.25, 0.3) is 5.91 Å². The quantitative estimate of drug-likeness (QED) is 0.154. The van der Waals surface area contributed by atoms with Crippen LogP contribution in [0.1, 0.15) is 38.8 Å². The summed E-state index contributed by atoms with van der Waals surface area (Å²) in [6.45, 7) is 10.3. The van der Waals surface area contributed by atoms with E-state index in [0.717, 1.165) is 76.2 Å². The van der Waals surface area contributed by atoms with Gasteiger partial charge in [-0.1, -0.05) is 59.7 Å². The number of carboxylic acid groups (broad SMARTS) is 1. The second-order valence-electron chi connectivity index (χ2n) is 12.6. The van der Waals surface area contributed by atoms with Gasteiger partial charge in [0.2, 0.25) is 0 Å². The fourth-order valence-electron chi connectivity index (χ4n) is 5.84. The van der Waals surface area contributed by atoms with Crippen LogP contribution in [0.3, 0.4) is 0 Å². The summed E-state index contributed by atoms with van der Waals surface area (Å²) in [6, 6.07) is 27.8. The average Bonchev–Trinajstić information content (AvgIpc) is 3.89. The lowest BCUT2D eigenvalue weighted by molar-refractivity contribution is 0.0342. The number of ether oxygens (including phenoxy) is 1. The van der Waals surface area contributed by atoms with Crippen LogP contribution in [0.5, 0.6) is 0 Å². The first-order valence-electron chi connectivity index (χ1n) is 16.8. The smallest absolute Gasteiger partial charge is 0.335 e. The summed E-state index contributed by atoms with van der Waals surface area (Å²) in [5, 5.41) is 18.1. The number of hydrogen-bond donors (Lipinski definition) is 2. The zero-order chi connectivity index (χ0) is 35.7. The molecule has 1 saturated heterocycles. The van der Waals surface area contributed by atoms with E-state index in [-0.39, 0.29) is 17.5 Å². The van der Waals surface area contributed by atoms with Crippen molar-refractivity contribution >= 4 is 34.6 Å². The molecule has 8 nitrogen and oxygen atoms in total. The number of rotatable bonds is 9. The number of aryl methyl sites for hydroxylation is 2. The molecule has 0 aliphatic carbocycles. The molecule has 2 aromatic heterocycles. The second kappa shape index (κ2) is 16.8. The number of carboxylic acids is 1. The van der Waals surface area contributed by atoms with Crippen LogP contribution in [-0.4, -0.2) is 70.7 Å². The van der Waals surface area contributed by atoms with E-state index in [4.69, 9.17) is 4.74 Å². The predicted octanol–water partition coefficient (Wildman–Crippen LogP) is 8.72. The Kier molecular flexibility index (Phi) is 11.8. The van der Waals surface area contributed by atoms with E-state index in [1.165, 1.54) is 22.5 Å². The molecule has 4 aromatic carbocycles. The van der Waals surface area contributed by atoms with Crippen LogP contribution in [0.15, 0.2) is 108 Å². The number of hydrogen-bond acceptors (Lipinski definition) is 8. The lowest BCUT2D eigenvalue weighted by Crippen LogP contribution is -2.46. The number of carbonyl (C=O) groups excluding carboxylic acids is 1. The Morgan fingerprint density at radius 1 is 0.725 bits per heavy atom. The molecule has 7 rings (SSSR count). The summed E-state index contributed by atoms with van der Waals surface area (Å²) >= 11 is 3.08. The van der Waals surface area contributed by atoms with Crippen molar-refractivity contribution in [1.82, 2.24) is 20.2 Å². The number of nitrogens with one attached hydrogen (secondary N) is 1. The highest BCUT2D eigenvalue weighted by molar-refractivity contribution is 7.13. The maximum atomic E-state index is 13.1. The third-order valence-electron chi connectivity index (χ3n) is 8.52. The molecule has 1 aliphatic rings. The highest BCUT2D eigenvalue weighted by atomic mass is 32.1. The molecule has 51 heavy (non-hydrogen) atoms. The second-order valence-corrected chi connectivity index (χ2v) is 14.4. The van der Waals surface area contributed by atoms with E-state index < -0.39 is 5.97 Å². The van der Waals surface area contributed by atoms with Crippen molar-refractivity contribution in [2.24, 2.45) is 0 Å². The van der Waals surface area contributed by atoms with Crippen molar-refractivity contribution in [3.63, 3.8) is 0 Å². The highest BCUT2D eigenvalue weighted by Gasteiger charge is 2.18. The Labute approximate surface area is 306 Å². The largest absolute Gasteiger partial charge is 0.478 e. The van der Waals surface area contributed by atoms with E-state index in [1.54, 1.807) is 35.9 Å². The summed E-state index contributed by atoms with van der Waals surface area (Å²) in [6.07, 6.45) is 3.52. The average molecular weight is 717 g/mol. The summed E-state index contributed by atoms with van der Waals surface area (Å²) in [7, 11) is 0. The van der Waals surface area contributed by atoms with Crippen LogP contribution in [-0.2, 0) is 4.74 Å². The van der Waals surface area contributed by atoms with Crippen molar-refractivity contribution in [3.8, 4) is 43.4 Å². The van der Waals surface area contributed by atoms with Crippen molar-refractivity contribution in [1.29, 1.82) is 0 Å². The highest BCUT2D eigenvalue weighted by Crippen LogP contribution is 2.31. The number of nitrogens with zero attached hydrogens (tertiary/aromatic N) is 3. The van der Waals surface area contributed by atoms with Crippen LogP contribution in [0.25, 0.3) is 43.4 Å². The lowest BCUT2D eigenvalue weighted by atomic mass is 9.98. The molecule has 1 amide bonds. The molecule has 0 saturated carbocycles. The third-order valence-corrected chi connectivity index (χ3v) is 10.2. The number of carbonyl (C=O) groups is 2. The van der Waals surface area contributed by atoms with Gasteiger partial charge in [-0.3, -0.25) is 9.69 Å². The normalized spacial score (nSPS) is 13.5. The first kappa shape index (κ1) is 35.8. The molecule has 260 valence electrons. The fraction of sp³-hybridized carbons (Fsp3) is 0.220. The number of benzene rings is 4. The minimum atomic E-state index is -0.929. The molecule has 6 aromatic rings. The first-order chi connectivity index (χ1) is 24.7. The minimum absolute atomic E-state index is 0.0532. The molecule has 2 N–H and O–H groups in total. The Balaban J connectivity index is 0.000000187. The van der Waals surface area contributed by atoms with Gasteiger partial charge < -0.3 is 15.2 Å². The molecule has 0 radical (unpaired) electrons. The van der Waals surface area contributed by atoms with E-state index in [1.807, 2.05) is 60.1 Å². The molecular weight excluding hydrogens is 677 g/mol. The molecule has 1 aliphatic heterocycles. The minimum Gasteiger partial charge on any atom is -0.478 e. The molecule has 1 fully saturated rings. The Morgan fingerprint density at radius 3 is 1.67 bits per heavy atom. The van der Waals surface area contributed by atoms with Crippen LogP contribution in [0, 0.1) is 13.8 Å². The Bertz CT molecular complexity index is 2060. The van der Waals surface area contributed by atoms with Gasteiger partial charge in [-0.05, 0) is 79.4 Å². The molecule has 10 heteroatoms. The number of thiazole rings is 2. The van der Waals surface area contributed by atoms with Crippen molar-refractivity contribution < 1.29 is 19.4 Å². The van der Waals surface area contributed by atoms with Crippen LogP contribution in [0.2, 0.25) is 0 Å². The van der Waals surface area contributed by atoms with E-state index >= 15 is 0 Å². The lowest BCUT2D eigenvalue weighted by Gasteiger charge is -2.29. The molecular formula is C41H40N4O4S2. The summed E-state index contributed by atoms with van der Waals surface area (Å²) in [5.41, 5.74) is 9.13. The zero-order valence-electron chi connectivity index (χ0n) is 28.8. The van der Waals surface area contributed by atoms with Gasteiger partial charge in [-0.15, -0.1) is 22.7 Å². The number of amides is 1. The van der Waals surface area contributed by atoms with Gasteiger partial charge >= 0.3 is 5.97 Å². The van der Waals surface area contributed by atoms with Crippen LogP contribution >= 0.6 is 22.7 Å². The third kappa shape index (κ3) is 9.62. The molecule has 1 atom stereocenters. The van der Waals surface area contributed by atoms with Gasteiger partial charge in [0, 0.05) is 65.5 Å². The first-order valence-corrected chi connectivity index (χ1v) is 18.6. The summed E-state index contributed by atoms with van der Waals surface area (Å²) in [4.78, 5) is 35.5. The summed E-state index contributed by atoms with van der Waals surface area (Å²) in [5.74, 6) is -0.982. The standard InChI is InChI=1S/C24H27N3O2S.C17H13NO2S/c1-17-3-5-19(6-4-17)20-13-21(15-22(14-20)24-25-7-12-30-24)23(28)26-18(2)16-27-8-10-29-11-9-27;1-11-2-4-12(5-3-11)13-8-14(16-18-6-7-21-16)10-15(9-13)17(19)20/h3-7,12-15,18H,8-11,16H2,1-2H3,(H,26,28);2-10H,1H3,(H,19,20)/t18-;/m1./s1. The van der Waals surface area contributed by atoms with E-state index in [9.17, 15) is 14.7 Å². The van der Waals surface area contributed by atoms with Crippen LogP contribution in [0.4, 0.5) is 0 Å². The molecule has 0 unspecified atom stereocenters. The number of morpholine rings is 1. The van der Waals surface area contributed by atoms with Gasteiger partial charge in [0.05, 0.1) is 18.8 Å².